The van der Waals surface area contributed by atoms with E-state index in [0.29, 0.717) is 30.8 Å². The number of carbonyl (C=O) groups excluding carboxylic acids is 1. The molecule has 0 bridgehead atoms. The smallest absolute Gasteiger partial charge is 0.257 e. The van der Waals surface area contributed by atoms with Crippen LogP contribution in [0.5, 0.6) is 0 Å². The number of sulfonamides is 1. The molecule has 1 fully saturated rings. The van der Waals surface area contributed by atoms with Crippen molar-refractivity contribution < 1.29 is 17.6 Å². The summed E-state index contributed by atoms with van der Waals surface area (Å²) in [6, 6.07) is 1.61. The summed E-state index contributed by atoms with van der Waals surface area (Å²) in [5.41, 5.74) is 0.501. The quantitative estimate of drug-likeness (QED) is 0.885. The third-order valence-electron chi connectivity index (χ3n) is 3.31. The maximum absolute atomic E-state index is 12.2. The van der Waals surface area contributed by atoms with Crippen molar-refractivity contribution in [1.82, 2.24) is 9.62 Å². The number of rotatable bonds is 4. The minimum Gasteiger partial charge on any atom is -0.469 e. The van der Waals surface area contributed by atoms with Crippen LogP contribution in [0.1, 0.15) is 29.5 Å². The van der Waals surface area contributed by atoms with E-state index in [-0.39, 0.29) is 12.5 Å². The highest BCUT2D eigenvalue weighted by molar-refractivity contribution is 7.90. The van der Waals surface area contributed by atoms with Crippen molar-refractivity contribution in [2.75, 3.05) is 19.6 Å². The third kappa shape index (κ3) is 2.82. The average molecular weight is 286 g/mol. The molecule has 1 unspecified atom stereocenters. The number of hydrogen-bond donors (Lipinski definition) is 1. The molecule has 1 aromatic rings. The zero-order valence-electron chi connectivity index (χ0n) is 11.0. The summed E-state index contributed by atoms with van der Waals surface area (Å²) >= 11 is 0. The number of nitrogens with one attached hydrogen (secondary N) is 1. The van der Waals surface area contributed by atoms with Gasteiger partial charge in [-0.15, -0.1) is 0 Å². The van der Waals surface area contributed by atoms with Crippen LogP contribution in [0.15, 0.2) is 16.7 Å². The molecule has 0 aliphatic carbocycles. The molecule has 1 atom stereocenters. The van der Waals surface area contributed by atoms with Gasteiger partial charge < -0.3 is 9.32 Å². The van der Waals surface area contributed by atoms with Crippen molar-refractivity contribution in [3.63, 3.8) is 0 Å². The Morgan fingerprint density at radius 3 is 2.89 bits per heavy atom. The lowest BCUT2D eigenvalue weighted by Crippen LogP contribution is -2.37. The second kappa shape index (κ2) is 5.34. The number of nitrogens with zero attached hydrogens (tertiary/aromatic N) is 1. The highest BCUT2D eigenvalue weighted by Gasteiger charge is 2.35. The molecule has 106 valence electrons. The fraction of sp³-hybridized carbons (Fsp3) is 0.583. The van der Waals surface area contributed by atoms with Gasteiger partial charge >= 0.3 is 0 Å². The van der Waals surface area contributed by atoms with Gasteiger partial charge in [-0.2, -0.15) is 0 Å². The maximum Gasteiger partial charge on any atom is 0.257 e. The van der Waals surface area contributed by atoms with Gasteiger partial charge in [-0.3, -0.25) is 4.79 Å². The SMILES string of the molecule is CCNS(=O)(=O)C1CCN(C(=O)c2ccoc2C)C1. The molecule has 0 radical (unpaired) electrons. The normalized spacial score (nSPS) is 19.9. The number of hydrogen-bond acceptors (Lipinski definition) is 4. The van der Waals surface area contributed by atoms with Crippen LogP contribution in [0.3, 0.4) is 0 Å². The molecule has 1 aliphatic heterocycles. The van der Waals surface area contributed by atoms with Crippen LogP contribution in [0, 0.1) is 6.92 Å². The zero-order valence-corrected chi connectivity index (χ0v) is 11.9. The summed E-state index contributed by atoms with van der Waals surface area (Å²) in [6.45, 7) is 4.52. The molecule has 1 aromatic heterocycles. The van der Waals surface area contributed by atoms with E-state index in [1.807, 2.05) is 0 Å². The summed E-state index contributed by atoms with van der Waals surface area (Å²) in [5, 5.41) is -0.524. The van der Waals surface area contributed by atoms with Crippen LogP contribution in [-0.4, -0.2) is 44.1 Å². The number of aryl methyl sites for hydroxylation is 1. The Labute approximate surface area is 112 Å². The molecule has 1 N–H and O–H groups in total. The molecule has 1 saturated heterocycles. The fourth-order valence-electron chi connectivity index (χ4n) is 2.26. The first-order valence-electron chi connectivity index (χ1n) is 6.27. The van der Waals surface area contributed by atoms with Crippen LogP contribution in [0.25, 0.3) is 0 Å². The molecule has 1 amide bonds. The van der Waals surface area contributed by atoms with E-state index in [1.165, 1.54) is 6.26 Å². The molecule has 2 heterocycles. The van der Waals surface area contributed by atoms with E-state index < -0.39 is 15.3 Å². The Morgan fingerprint density at radius 2 is 2.32 bits per heavy atom. The molecular weight excluding hydrogens is 268 g/mol. The molecule has 2 rings (SSSR count). The van der Waals surface area contributed by atoms with Crippen molar-refractivity contribution >= 4 is 15.9 Å². The van der Waals surface area contributed by atoms with Crippen molar-refractivity contribution in [1.29, 1.82) is 0 Å². The Bertz CT molecular complexity index is 564. The topological polar surface area (TPSA) is 79.6 Å². The second-order valence-corrected chi connectivity index (χ2v) is 6.64. The van der Waals surface area contributed by atoms with E-state index >= 15 is 0 Å². The van der Waals surface area contributed by atoms with E-state index in [4.69, 9.17) is 4.42 Å². The van der Waals surface area contributed by atoms with E-state index in [0.717, 1.165) is 0 Å². The molecule has 0 spiro atoms. The summed E-state index contributed by atoms with van der Waals surface area (Å²) in [7, 11) is -3.32. The Hall–Kier alpha value is -1.34. The summed E-state index contributed by atoms with van der Waals surface area (Å²) in [4.78, 5) is 13.8. The Morgan fingerprint density at radius 1 is 1.58 bits per heavy atom. The predicted octanol–water partition coefficient (Wildman–Crippen LogP) is 0.742. The number of likely N-dealkylation sites (tertiary alicyclic amines) is 1. The van der Waals surface area contributed by atoms with Crippen molar-refractivity contribution in [2.24, 2.45) is 0 Å². The van der Waals surface area contributed by atoms with Crippen LogP contribution in [-0.2, 0) is 10.0 Å². The summed E-state index contributed by atoms with van der Waals surface area (Å²) < 4.78 is 31.4. The van der Waals surface area contributed by atoms with Crippen molar-refractivity contribution in [3.05, 3.63) is 23.7 Å². The third-order valence-corrected chi connectivity index (χ3v) is 5.26. The molecule has 19 heavy (non-hydrogen) atoms. The van der Waals surface area contributed by atoms with Gasteiger partial charge in [0.1, 0.15) is 5.76 Å². The first kappa shape index (κ1) is 14.1. The minimum absolute atomic E-state index is 0.166. The molecule has 1 aliphatic rings. The van der Waals surface area contributed by atoms with Gasteiger partial charge in [-0.1, -0.05) is 6.92 Å². The number of amides is 1. The second-order valence-electron chi connectivity index (χ2n) is 4.60. The predicted molar refractivity (Wildman–Crippen MR) is 70.4 cm³/mol. The van der Waals surface area contributed by atoms with Crippen LogP contribution in [0.2, 0.25) is 0 Å². The molecule has 0 saturated carbocycles. The van der Waals surface area contributed by atoms with Gasteiger partial charge in [0.05, 0.1) is 17.1 Å². The summed E-state index contributed by atoms with van der Waals surface area (Å²) in [6.07, 6.45) is 1.93. The van der Waals surface area contributed by atoms with Crippen molar-refractivity contribution in [2.45, 2.75) is 25.5 Å². The minimum atomic E-state index is -3.32. The first-order chi connectivity index (χ1) is 8.95. The molecule has 6 nitrogen and oxygen atoms in total. The van der Waals surface area contributed by atoms with Crippen molar-refractivity contribution in [3.8, 4) is 0 Å². The van der Waals surface area contributed by atoms with Gasteiger partial charge in [0.25, 0.3) is 5.91 Å². The Balaban J connectivity index is 2.07. The molecule has 0 aromatic carbocycles. The zero-order chi connectivity index (χ0) is 14.0. The lowest BCUT2D eigenvalue weighted by Gasteiger charge is -2.16. The summed E-state index contributed by atoms with van der Waals surface area (Å²) in [5.74, 6) is 0.392. The Kier molecular flexibility index (Phi) is 3.96. The van der Waals surface area contributed by atoms with E-state index in [2.05, 4.69) is 4.72 Å². The van der Waals surface area contributed by atoms with Crippen LogP contribution >= 0.6 is 0 Å². The molecule has 7 heteroatoms. The number of furan rings is 1. The molecular formula is C12H18N2O4S. The first-order valence-corrected chi connectivity index (χ1v) is 7.82. The van der Waals surface area contributed by atoms with Gasteiger partial charge in [-0.05, 0) is 19.4 Å². The highest BCUT2D eigenvalue weighted by Crippen LogP contribution is 2.20. The monoisotopic (exact) mass is 286 g/mol. The van der Waals surface area contributed by atoms with Crippen LogP contribution in [0.4, 0.5) is 0 Å². The highest BCUT2D eigenvalue weighted by atomic mass is 32.2. The van der Waals surface area contributed by atoms with Gasteiger partial charge in [0.2, 0.25) is 10.0 Å². The maximum atomic E-state index is 12.2. The fourth-order valence-corrected chi connectivity index (χ4v) is 3.69. The standard InChI is InChI=1S/C12H18N2O4S/c1-3-13-19(16,17)10-4-6-14(8-10)12(15)11-5-7-18-9(11)2/h5,7,10,13H,3-4,6,8H2,1-2H3. The number of carbonyl (C=O) groups is 1. The average Bonchev–Trinajstić information content (AvgIpc) is 2.96. The van der Waals surface area contributed by atoms with Gasteiger partial charge in [0, 0.05) is 19.6 Å². The van der Waals surface area contributed by atoms with Gasteiger partial charge in [0.15, 0.2) is 0 Å². The largest absolute Gasteiger partial charge is 0.469 e. The lowest BCUT2D eigenvalue weighted by atomic mass is 10.2. The van der Waals surface area contributed by atoms with E-state index in [9.17, 15) is 13.2 Å². The van der Waals surface area contributed by atoms with Crippen LogP contribution < -0.4 is 4.72 Å². The van der Waals surface area contributed by atoms with E-state index in [1.54, 1.807) is 24.8 Å². The van der Waals surface area contributed by atoms with Gasteiger partial charge in [-0.25, -0.2) is 13.1 Å². The lowest BCUT2D eigenvalue weighted by molar-refractivity contribution is 0.0791.